The molecule has 9 heteroatoms. The molecule has 1 amide bonds. The maximum atomic E-state index is 12.2. The smallest absolute Gasteiger partial charge is 0.287 e. The average molecular weight is 469 g/mol. The lowest BCUT2D eigenvalue weighted by molar-refractivity contribution is -0.117. The van der Waals surface area contributed by atoms with Gasteiger partial charge in [0.2, 0.25) is 5.91 Å². The molecule has 1 aromatic heterocycles. The summed E-state index contributed by atoms with van der Waals surface area (Å²) < 4.78 is 13.1. The molecule has 3 aromatic rings. The number of nitrogens with zero attached hydrogens (tertiary/aromatic N) is 2. The van der Waals surface area contributed by atoms with Gasteiger partial charge in [-0.05, 0) is 64.9 Å². The monoisotopic (exact) mass is 467 g/mol. The number of amides is 1. The molecule has 0 atom stereocenters. The zero-order valence-corrected chi connectivity index (χ0v) is 17.4. The molecule has 0 saturated heterocycles. The van der Waals surface area contributed by atoms with Gasteiger partial charge in [0.1, 0.15) is 12.3 Å². The summed E-state index contributed by atoms with van der Waals surface area (Å²) in [6, 6.07) is 12.7. The third kappa shape index (κ3) is 5.18. The van der Waals surface area contributed by atoms with Crippen LogP contribution in [0.4, 0.5) is 5.69 Å². The molecule has 0 saturated carbocycles. The lowest BCUT2D eigenvalue weighted by Gasteiger charge is -2.06. The van der Waals surface area contributed by atoms with Gasteiger partial charge in [-0.3, -0.25) is 4.79 Å². The Morgan fingerprint density at radius 1 is 1.37 bits per heavy atom. The first-order chi connectivity index (χ1) is 12.9. The van der Waals surface area contributed by atoms with Crippen LogP contribution in [0.3, 0.4) is 0 Å². The molecule has 1 heterocycles. The fourth-order valence-corrected chi connectivity index (χ4v) is 2.97. The highest BCUT2D eigenvalue weighted by atomic mass is 79.9. The van der Waals surface area contributed by atoms with Crippen molar-refractivity contribution in [2.45, 2.75) is 20.1 Å². The number of rotatable bonds is 6. The SMILES string of the molecule is Cc1ccccc1OCc1nn(CC(=O)Nc2ccc(Cl)c(Br)c2)c(=S)o1. The predicted molar refractivity (Wildman–Crippen MR) is 109 cm³/mol. The molecule has 27 heavy (non-hydrogen) atoms. The number of hydrogen-bond acceptors (Lipinski definition) is 5. The molecule has 0 unspecified atom stereocenters. The zero-order valence-electron chi connectivity index (χ0n) is 14.2. The van der Waals surface area contributed by atoms with Gasteiger partial charge in [0.05, 0.1) is 5.02 Å². The normalized spacial score (nSPS) is 10.6. The second kappa shape index (κ2) is 8.69. The van der Waals surface area contributed by atoms with Crippen LogP contribution in [0.5, 0.6) is 5.75 Å². The molecule has 0 aliphatic rings. The standard InChI is InChI=1S/C18H15BrClN3O3S/c1-11-4-2-3-5-15(11)25-10-17-22-23(18(27)26-17)9-16(24)21-12-6-7-14(20)13(19)8-12/h2-8H,9-10H2,1H3,(H,21,24). The number of ether oxygens (including phenoxy) is 1. The third-order valence-electron chi connectivity index (χ3n) is 3.59. The minimum atomic E-state index is -0.292. The van der Waals surface area contributed by atoms with Crippen molar-refractivity contribution in [1.29, 1.82) is 0 Å². The van der Waals surface area contributed by atoms with E-state index in [-0.39, 0.29) is 23.9 Å². The number of halogens is 2. The molecule has 0 bridgehead atoms. The third-order valence-corrected chi connectivity index (χ3v) is 5.10. The van der Waals surface area contributed by atoms with Crippen LogP contribution >= 0.6 is 39.7 Å². The van der Waals surface area contributed by atoms with Crippen molar-refractivity contribution in [3.8, 4) is 5.75 Å². The summed E-state index contributed by atoms with van der Waals surface area (Å²) in [5.41, 5.74) is 1.61. The minimum Gasteiger partial charge on any atom is -0.484 e. The van der Waals surface area contributed by atoms with Gasteiger partial charge in [-0.25, -0.2) is 4.68 Å². The van der Waals surface area contributed by atoms with Crippen LogP contribution in [-0.4, -0.2) is 15.7 Å². The van der Waals surface area contributed by atoms with Crippen molar-refractivity contribution in [1.82, 2.24) is 9.78 Å². The Bertz CT molecular complexity index is 1030. The Kier molecular flexibility index (Phi) is 6.30. The number of carbonyl (C=O) groups excluding carboxylic acids is 1. The average Bonchev–Trinajstić information content (AvgIpc) is 2.97. The van der Waals surface area contributed by atoms with Crippen LogP contribution in [0.2, 0.25) is 5.02 Å². The van der Waals surface area contributed by atoms with Crippen molar-refractivity contribution < 1.29 is 13.9 Å². The zero-order chi connectivity index (χ0) is 19.4. The molecule has 140 valence electrons. The molecule has 6 nitrogen and oxygen atoms in total. The first-order valence-corrected chi connectivity index (χ1v) is 9.50. The van der Waals surface area contributed by atoms with Gasteiger partial charge in [0.15, 0.2) is 6.61 Å². The fraction of sp³-hybridized carbons (Fsp3) is 0.167. The highest BCUT2D eigenvalue weighted by Crippen LogP contribution is 2.25. The molecular formula is C18H15BrClN3O3S. The van der Waals surface area contributed by atoms with E-state index >= 15 is 0 Å². The topological polar surface area (TPSA) is 69.3 Å². The highest BCUT2D eigenvalue weighted by molar-refractivity contribution is 9.10. The fourth-order valence-electron chi connectivity index (χ4n) is 2.28. The summed E-state index contributed by atoms with van der Waals surface area (Å²) >= 11 is 14.4. The number of nitrogens with one attached hydrogen (secondary N) is 1. The van der Waals surface area contributed by atoms with Gasteiger partial charge in [-0.15, -0.1) is 5.10 Å². The van der Waals surface area contributed by atoms with Crippen molar-refractivity contribution in [3.63, 3.8) is 0 Å². The first kappa shape index (κ1) is 19.6. The van der Waals surface area contributed by atoms with E-state index in [0.29, 0.717) is 21.1 Å². The Morgan fingerprint density at radius 2 is 2.15 bits per heavy atom. The molecule has 0 fully saturated rings. The number of carbonyl (C=O) groups is 1. The molecule has 0 spiro atoms. The minimum absolute atomic E-state index is 0.0764. The molecule has 2 aromatic carbocycles. The van der Waals surface area contributed by atoms with Gasteiger partial charge >= 0.3 is 0 Å². The molecule has 0 aliphatic carbocycles. The summed E-state index contributed by atoms with van der Waals surface area (Å²) in [6.07, 6.45) is 0. The van der Waals surface area contributed by atoms with Crippen molar-refractivity contribution >= 4 is 51.3 Å². The largest absolute Gasteiger partial charge is 0.484 e. The van der Waals surface area contributed by atoms with Gasteiger partial charge in [0.25, 0.3) is 10.7 Å². The molecule has 1 N–H and O–H groups in total. The van der Waals surface area contributed by atoms with Crippen LogP contribution in [0, 0.1) is 11.8 Å². The van der Waals surface area contributed by atoms with E-state index in [0.717, 1.165) is 11.3 Å². The van der Waals surface area contributed by atoms with Gasteiger partial charge in [-0.1, -0.05) is 29.8 Å². The summed E-state index contributed by atoms with van der Waals surface area (Å²) in [5.74, 6) is 0.740. The Balaban J connectivity index is 1.62. The van der Waals surface area contributed by atoms with Crippen molar-refractivity contribution in [2.75, 3.05) is 5.32 Å². The number of aryl methyl sites for hydroxylation is 1. The van der Waals surface area contributed by atoms with E-state index in [1.807, 2.05) is 31.2 Å². The van der Waals surface area contributed by atoms with E-state index < -0.39 is 0 Å². The molecule has 0 aliphatic heterocycles. The van der Waals surface area contributed by atoms with Gasteiger partial charge in [0, 0.05) is 10.2 Å². The van der Waals surface area contributed by atoms with Crippen LogP contribution in [0.25, 0.3) is 0 Å². The summed E-state index contributed by atoms with van der Waals surface area (Å²) in [4.78, 5) is 12.3. The molecule has 3 rings (SSSR count). The first-order valence-electron chi connectivity index (χ1n) is 7.92. The maximum absolute atomic E-state index is 12.2. The highest BCUT2D eigenvalue weighted by Gasteiger charge is 2.11. The van der Waals surface area contributed by atoms with E-state index in [9.17, 15) is 4.79 Å². The second-order valence-corrected chi connectivity index (χ2v) is 7.26. The van der Waals surface area contributed by atoms with Crippen LogP contribution in [0.1, 0.15) is 11.5 Å². The number of para-hydroxylation sites is 1. The molecule has 0 radical (unpaired) electrons. The predicted octanol–water partition coefficient (Wildman–Crippen LogP) is 5.15. The van der Waals surface area contributed by atoms with Crippen LogP contribution in [-0.2, 0) is 17.9 Å². The number of benzene rings is 2. The quantitative estimate of drug-likeness (QED) is 0.507. The van der Waals surface area contributed by atoms with E-state index in [1.54, 1.807) is 18.2 Å². The summed E-state index contributed by atoms with van der Waals surface area (Å²) in [5, 5.41) is 7.51. The Morgan fingerprint density at radius 3 is 2.89 bits per heavy atom. The van der Waals surface area contributed by atoms with Crippen LogP contribution in [0.15, 0.2) is 51.4 Å². The van der Waals surface area contributed by atoms with E-state index in [4.69, 9.17) is 33.0 Å². The van der Waals surface area contributed by atoms with Gasteiger partial charge in [-0.2, -0.15) is 0 Å². The van der Waals surface area contributed by atoms with Crippen LogP contribution < -0.4 is 10.1 Å². The number of anilines is 1. The Hall–Kier alpha value is -2.16. The lowest BCUT2D eigenvalue weighted by atomic mass is 10.2. The number of hydrogen-bond donors (Lipinski definition) is 1. The van der Waals surface area contributed by atoms with Crippen molar-refractivity contribution in [2.24, 2.45) is 0 Å². The second-order valence-electron chi connectivity index (χ2n) is 5.65. The summed E-state index contributed by atoms with van der Waals surface area (Å²) in [6.45, 7) is 1.99. The van der Waals surface area contributed by atoms with E-state index in [2.05, 4.69) is 26.3 Å². The summed E-state index contributed by atoms with van der Waals surface area (Å²) in [7, 11) is 0. The Labute approximate surface area is 174 Å². The molecular weight excluding hydrogens is 454 g/mol. The van der Waals surface area contributed by atoms with E-state index in [1.165, 1.54) is 4.68 Å². The number of aromatic nitrogens is 2. The lowest BCUT2D eigenvalue weighted by Crippen LogP contribution is -2.19. The van der Waals surface area contributed by atoms with Gasteiger partial charge < -0.3 is 14.5 Å². The van der Waals surface area contributed by atoms with Crippen molar-refractivity contribution in [3.05, 3.63) is 68.3 Å². The maximum Gasteiger partial charge on any atom is 0.287 e.